The van der Waals surface area contributed by atoms with E-state index in [9.17, 15) is 13.2 Å². The van der Waals surface area contributed by atoms with Crippen LogP contribution in [0.3, 0.4) is 0 Å². The monoisotopic (exact) mass is 284 g/mol. The van der Waals surface area contributed by atoms with Crippen molar-refractivity contribution in [3.8, 4) is 0 Å². The highest BCUT2D eigenvalue weighted by molar-refractivity contribution is 9.15. The molecule has 0 saturated carbocycles. The van der Waals surface area contributed by atoms with Crippen molar-refractivity contribution in [1.29, 1.82) is 0 Å². The first-order chi connectivity index (χ1) is 6.32. The van der Waals surface area contributed by atoms with Gasteiger partial charge in [-0.1, -0.05) is 34.1 Å². The number of hydrogen-bond donors (Lipinski definition) is 0. The van der Waals surface area contributed by atoms with Crippen LogP contribution in [0, 0.1) is 0 Å². The maximum atomic E-state index is 12.3. The second kappa shape index (κ2) is 3.95. The zero-order chi connectivity index (χ0) is 10.9. The van der Waals surface area contributed by atoms with Crippen LogP contribution < -0.4 is 0 Å². The molecule has 1 aromatic carbocycles. The van der Waals surface area contributed by atoms with Gasteiger partial charge in [0.05, 0.1) is 5.56 Å². The van der Waals surface area contributed by atoms with E-state index in [1.54, 1.807) is 0 Å². The predicted molar refractivity (Wildman–Crippen MR) is 54.4 cm³/mol. The maximum Gasteiger partial charge on any atom is 0.416 e. The second-order valence-corrected chi connectivity index (χ2v) is 3.96. The first kappa shape index (κ1) is 11.6. The molecule has 0 aliphatic heterocycles. The minimum atomic E-state index is -4.36. The van der Waals surface area contributed by atoms with Gasteiger partial charge in [0.25, 0.3) is 0 Å². The molecule has 0 radical (unpaired) electrons. The number of hydrogen-bond acceptors (Lipinski definition) is 0. The van der Waals surface area contributed by atoms with E-state index in [1.807, 2.05) is 0 Å². The molecule has 14 heavy (non-hydrogen) atoms. The van der Waals surface area contributed by atoms with Crippen LogP contribution in [0.2, 0.25) is 5.02 Å². The van der Waals surface area contributed by atoms with Gasteiger partial charge in [-0.2, -0.15) is 13.2 Å². The van der Waals surface area contributed by atoms with Crippen molar-refractivity contribution >= 4 is 32.0 Å². The zero-order valence-corrected chi connectivity index (χ0v) is 9.17. The summed E-state index contributed by atoms with van der Waals surface area (Å²) in [6.45, 7) is 3.47. The molecule has 0 N–H and O–H groups in total. The van der Waals surface area contributed by atoms with E-state index in [4.69, 9.17) is 11.6 Å². The molecule has 1 aromatic rings. The van der Waals surface area contributed by atoms with E-state index in [-0.39, 0.29) is 10.6 Å². The summed E-state index contributed by atoms with van der Waals surface area (Å²) in [7, 11) is 0. The smallest absolute Gasteiger partial charge is 0.166 e. The maximum absolute atomic E-state index is 12.3. The fourth-order valence-corrected chi connectivity index (χ4v) is 1.58. The van der Waals surface area contributed by atoms with Crippen molar-refractivity contribution in [3.05, 3.63) is 40.9 Å². The molecule has 0 aliphatic carbocycles. The van der Waals surface area contributed by atoms with Crippen molar-refractivity contribution < 1.29 is 13.2 Å². The zero-order valence-electron chi connectivity index (χ0n) is 6.83. The van der Waals surface area contributed by atoms with Gasteiger partial charge in [0.1, 0.15) is 0 Å². The SMILES string of the molecule is C=C(Br)c1cc(C(F)(F)F)ccc1Cl. The Hall–Kier alpha value is -0.480. The van der Waals surface area contributed by atoms with Gasteiger partial charge >= 0.3 is 6.18 Å². The molecule has 0 heterocycles. The van der Waals surface area contributed by atoms with Gasteiger partial charge in [-0.05, 0) is 18.2 Å². The fourth-order valence-electron chi connectivity index (χ4n) is 0.909. The lowest BCUT2D eigenvalue weighted by atomic mass is 10.1. The van der Waals surface area contributed by atoms with E-state index < -0.39 is 11.7 Å². The molecule has 5 heteroatoms. The largest absolute Gasteiger partial charge is 0.416 e. The number of rotatable bonds is 1. The summed E-state index contributed by atoms with van der Waals surface area (Å²) in [6.07, 6.45) is -4.36. The molecule has 1 rings (SSSR count). The van der Waals surface area contributed by atoms with Crippen molar-refractivity contribution in [1.82, 2.24) is 0 Å². The summed E-state index contributed by atoms with van der Waals surface area (Å²) >= 11 is 8.67. The molecule has 0 fully saturated rings. The van der Waals surface area contributed by atoms with Gasteiger partial charge in [0, 0.05) is 15.1 Å². The molecular weight excluding hydrogens is 280 g/mol. The Morgan fingerprint density at radius 3 is 2.36 bits per heavy atom. The lowest BCUT2D eigenvalue weighted by Gasteiger charge is -2.09. The highest BCUT2D eigenvalue weighted by atomic mass is 79.9. The van der Waals surface area contributed by atoms with Crippen LogP contribution in [0.5, 0.6) is 0 Å². The topological polar surface area (TPSA) is 0 Å². The Morgan fingerprint density at radius 2 is 1.93 bits per heavy atom. The highest BCUT2D eigenvalue weighted by Crippen LogP contribution is 2.34. The summed E-state index contributed by atoms with van der Waals surface area (Å²) < 4.78 is 37.2. The second-order valence-electron chi connectivity index (χ2n) is 2.60. The van der Waals surface area contributed by atoms with E-state index in [1.165, 1.54) is 6.07 Å². The number of alkyl halides is 3. The third-order valence-electron chi connectivity index (χ3n) is 1.59. The van der Waals surface area contributed by atoms with E-state index in [0.717, 1.165) is 12.1 Å². The van der Waals surface area contributed by atoms with Crippen molar-refractivity contribution in [3.63, 3.8) is 0 Å². The standard InChI is InChI=1S/C9H5BrClF3/c1-5(10)7-4-6(9(12,13)14)2-3-8(7)11/h2-4H,1H2. The van der Waals surface area contributed by atoms with Crippen LogP contribution in [0.15, 0.2) is 24.8 Å². The Bertz CT molecular complexity index is 371. The molecule has 0 spiro atoms. The molecule has 0 unspecified atom stereocenters. The molecule has 0 atom stereocenters. The molecule has 0 amide bonds. The third kappa shape index (κ3) is 2.51. The molecule has 0 bridgehead atoms. The van der Waals surface area contributed by atoms with Gasteiger partial charge in [-0.25, -0.2) is 0 Å². The summed E-state index contributed by atoms with van der Waals surface area (Å²) in [4.78, 5) is 0. The molecular formula is C9H5BrClF3. The molecule has 0 aliphatic rings. The average molecular weight is 285 g/mol. The lowest BCUT2D eigenvalue weighted by molar-refractivity contribution is -0.137. The minimum absolute atomic E-state index is 0.236. The third-order valence-corrected chi connectivity index (χ3v) is 2.34. The Morgan fingerprint density at radius 1 is 1.36 bits per heavy atom. The van der Waals surface area contributed by atoms with Gasteiger partial charge < -0.3 is 0 Å². The summed E-state index contributed by atoms with van der Waals surface area (Å²) in [5.41, 5.74) is -0.487. The molecule has 0 aromatic heterocycles. The summed E-state index contributed by atoms with van der Waals surface area (Å²) in [5, 5.41) is 0.236. The van der Waals surface area contributed by atoms with E-state index in [0.29, 0.717) is 4.48 Å². The van der Waals surface area contributed by atoms with Crippen LogP contribution in [0.4, 0.5) is 13.2 Å². The van der Waals surface area contributed by atoms with Crippen LogP contribution in [0.25, 0.3) is 4.48 Å². The van der Waals surface area contributed by atoms with E-state index in [2.05, 4.69) is 22.5 Å². The van der Waals surface area contributed by atoms with Crippen molar-refractivity contribution in [2.45, 2.75) is 6.18 Å². The first-order valence-corrected chi connectivity index (χ1v) is 4.71. The summed E-state index contributed by atoms with van der Waals surface area (Å²) in [6, 6.07) is 3.09. The minimum Gasteiger partial charge on any atom is -0.166 e. The average Bonchev–Trinajstić information content (AvgIpc) is 2.02. The summed E-state index contributed by atoms with van der Waals surface area (Å²) in [5.74, 6) is 0. The normalized spacial score (nSPS) is 11.5. The number of halogens is 5. The fraction of sp³-hybridized carbons (Fsp3) is 0.111. The lowest BCUT2D eigenvalue weighted by Crippen LogP contribution is -2.04. The Labute approximate surface area is 92.5 Å². The van der Waals surface area contributed by atoms with E-state index >= 15 is 0 Å². The quantitative estimate of drug-likeness (QED) is 0.700. The predicted octanol–water partition coefficient (Wildman–Crippen LogP) is 4.72. The van der Waals surface area contributed by atoms with Gasteiger partial charge in [-0.3, -0.25) is 0 Å². The molecule has 76 valence electrons. The van der Waals surface area contributed by atoms with Crippen LogP contribution in [-0.4, -0.2) is 0 Å². The Balaban J connectivity index is 3.27. The van der Waals surface area contributed by atoms with Gasteiger partial charge in [0.15, 0.2) is 0 Å². The van der Waals surface area contributed by atoms with Crippen LogP contribution in [0.1, 0.15) is 11.1 Å². The van der Waals surface area contributed by atoms with Crippen molar-refractivity contribution in [2.24, 2.45) is 0 Å². The Kier molecular flexibility index (Phi) is 3.27. The number of benzene rings is 1. The first-order valence-electron chi connectivity index (χ1n) is 3.54. The van der Waals surface area contributed by atoms with Gasteiger partial charge in [-0.15, -0.1) is 0 Å². The molecule has 0 saturated heterocycles. The highest BCUT2D eigenvalue weighted by Gasteiger charge is 2.30. The van der Waals surface area contributed by atoms with Crippen LogP contribution in [-0.2, 0) is 6.18 Å². The van der Waals surface area contributed by atoms with Crippen molar-refractivity contribution in [2.75, 3.05) is 0 Å². The van der Waals surface area contributed by atoms with Gasteiger partial charge in [0.2, 0.25) is 0 Å². The molecule has 0 nitrogen and oxygen atoms in total. The van der Waals surface area contributed by atoms with Crippen LogP contribution >= 0.6 is 27.5 Å².